The van der Waals surface area contributed by atoms with Gasteiger partial charge in [0.05, 0.1) is 11.8 Å². The van der Waals surface area contributed by atoms with Gasteiger partial charge in [0, 0.05) is 18.2 Å². The minimum atomic E-state index is -3.78. The van der Waals surface area contributed by atoms with Crippen molar-refractivity contribution in [2.75, 3.05) is 12.3 Å². The van der Waals surface area contributed by atoms with E-state index in [9.17, 15) is 13.2 Å². The first-order valence-corrected chi connectivity index (χ1v) is 8.13. The average molecular weight is 313 g/mol. The first-order valence-electron chi connectivity index (χ1n) is 6.64. The second kappa shape index (κ2) is 6.00. The number of carbonyl (C=O) groups is 1. The zero-order chi connectivity index (χ0) is 15.6. The van der Waals surface area contributed by atoms with Crippen LogP contribution in [0.2, 0.25) is 0 Å². The Morgan fingerprint density at radius 1 is 1.48 bits per heavy atom. The fourth-order valence-corrected chi connectivity index (χ4v) is 3.71. The lowest BCUT2D eigenvalue weighted by Gasteiger charge is -2.20. The van der Waals surface area contributed by atoms with E-state index < -0.39 is 15.9 Å². The molecule has 0 saturated carbocycles. The maximum absolute atomic E-state index is 12.3. The molecule has 0 spiro atoms. The highest BCUT2D eigenvalue weighted by atomic mass is 32.2. The third-order valence-corrected chi connectivity index (χ3v) is 5.08. The SMILES string of the molecule is CC(NS(=O)(=O)c1ccc(C(N)=O)cc1N)C1CCCO1. The number of primary amides is 1. The number of amides is 1. The molecule has 0 aliphatic carbocycles. The number of hydrogen-bond donors (Lipinski definition) is 3. The van der Waals surface area contributed by atoms with Crippen molar-refractivity contribution >= 4 is 21.6 Å². The van der Waals surface area contributed by atoms with Crippen LogP contribution < -0.4 is 16.2 Å². The number of carbonyl (C=O) groups excluding carboxylic acids is 1. The number of benzene rings is 1. The molecule has 2 atom stereocenters. The molecule has 7 nitrogen and oxygen atoms in total. The zero-order valence-corrected chi connectivity index (χ0v) is 12.5. The maximum Gasteiger partial charge on any atom is 0.248 e. The molecule has 0 aromatic heterocycles. The lowest BCUT2D eigenvalue weighted by atomic mass is 10.1. The molecule has 1 aromatic carbocycles. The number of nitrogens with one attached hydrogen (secondary N) is 1. The Morgan fingerprint density at radius 2 is 2.19 bits per heavy atom. The number of anilines is 1. The van der Waals surface area contributed by atoms with Gasteiger partial charge in [-0.3, -0.25) is 4.79 Å². The van der Waals surface area contributed by atoms with Crippen LogP contribution in [-0.4, -0.2) is 33.1 Å². The molecule has 1 aliphatic rings. The van der Waals surface area contributed by atoms with E-state index in [2.05, 4.69) is 4.72 Å². The average Bonchev–Trinajstić information content (AvgIpc) is 2.91. The number of nitrogen functional groups attached to an aromatic ring is 1. The van der Waals surface area contributed by atoms with E-state index in [1.54, 1.807) is 6.92 Å². The van der Waals surface area contributed by atoms with Gasteiger partial charge in [-0.15, -0.1) is 0 Å². The third kappa shape index (κ3) is 3.52. The van der Waals surface area contributed by atoms with Crippen molar-refractivity contribution in [3.63, 3.8) is 0 Å². The van der Waals surface area contributed by atoms with E-state index in [1.807, 2.05) is 0 Å². The second-order valence-corrected chi connectivity index (χ2v) is 6.76. The highest BCUT2D eigenvalue weighted by Crippen LogP contribution is 2.22. The summed E-state index contributed by atoms with van der Waals surface area (Å²) in [6.45, 7) is 2.40. The normalized spacial score (nSPS) is 20.3. The summed E-state index contributed by atoms with van der Waals surface area (Å²) in [5.74, 6) is -0.661. The van der Waals surface area contributed by atoms with Gasteiger partial charge in [0.25, 0.3) is 0 Å². The number of hydrogen-bond acceptors (Lipinski definition) is 5. The van der Waals surface area contributed by atoms with Gasteiger partial charge in [0.1, 0.15) is 4.90 Å². The second-order valence-electron chi connectivity index (χ2n) is 5.08. The standard InChI is InChI=1S/C13H19N3O4S/c1-8(11-3-2-6-20-11)16-21(18,19)12-5-4-9(13(15)17)7-10(12)14/h4-5,7-8,11,16H,2-3,6,14H2,1H3,(H2,15,17). The molecular weight excluding hydrogens is 294 g/mol. The van der Waals surface area contributed by atoms with Crippen LogP contribution in [0.25, 0.3) is 0 Å². The summed E-state index contributed by atoms with van der Waals surface area (Å²) in [5, 5.41) is 0. The van der Waals surface area contributed by atoms with E-state index in [0.29, 0.717) is 6.61 Å². The highest BCUT2D eigenvalue weighted by molar-refractivity contribution is 7.89. The number of sulfonamides is 1. The largest absolute Gasteiger partial charge is 0.398 e. The molecule has 1 aromatic rings. The predicted molar refractivity (Wildman–Crippen MR) is 78.1 cm³/mol. The zero-order valence-electron chi connectivity index (χ0n) is 11.7. The first-order chi connectivity index (χ1) is 9.81. The monoisotopic (exact) mass is 313 g/mol. The Balaban J connectivity index is 2.21. The molecule has 1 amide bonds. The fourth-order valence-electron chi connectivity index (χ4n) is 2.33. The van der Waals surface area contributed by atoms with E-state index in [1.165, 1.54) is 18.2 Å². The number of nitrogens with two attached hydrogens (primary N) is 2. The molecule has 0 radical (unpaired) electrons. The van der Waals surface area contributed by atoms with Gasteiger partial charge in [0.2, 0.25) is 15.9 Å². The summed E-state index contributed by atoms with van der Waals surface area (Å²) in [5.41, 5.74) is 11.0. The van der Waals surface area contributed by atoms with Crippen molar-refractivity contribution in [3.05, 3.63) is 23.8 Å². The minimum absolute atomic E-state index is 0.0154. The summed E-state index contributed by atoms with van der Waals surface area (Å²) in [6.07, 6.45) is 1.61. The predicted octanol–water partition coefficient (Wildman–Crippen LogP) is 0.214. The van der Waals surface area contributed by atoms with Gasteiger partial charge in [0.15, 0.2) is 0 Å². The molecule has 2 rings (SSSR count). The van der Waals surface area contributed by atoms with Gasteiger partial charge < -0.3 is 16.2 Å². The molecule has 2 unspecified atom stereocenters. The Labute approximate surface area is 123 Å². The summed E-state index contributed by atoms with van der Waals surface area (Å²) < 4.78 is 32.7. The molecular formula is C13H19N3O4S. The van der Waals surface area contributed by atoms with Crippen LogP contribution in [0.15, 0.2) is 23.1 Å². The van der Waals surface area contributed by atoms with Crippen molar-refractivity contribution in [1.29, 1.82) is 0 Å². The molecule has 21 heavy (non-hydrogen) atoms. The fraction of sp³-hybridized carbons (Fsp3) is 0.462. The van der Waals surface area contributed by atoms with Crippen molar-refractivity contribution in [1.82, 2.24) is 4.72 Å². The topological polar surface area (TPSA) is 125 Å². The van der Waals surface area contributed by atoms with Crippen molar-refractivity contribution < 1.29 is 17.9 Å². The Kier molecular flexibility index (Phi) is 4.50. The van der Waals surface area contributed by atoms with E-state index in [-0.39, 0.29) is 28.3 Å². The van der Waals surface area contributed by atoms with E-state index >= 15 is 0 Å². The van der Waals surface area contributed by atoms with Gasteiger partial charge in [-0.2, -0.15) is 0 Å². The molecule has 1 fully saturated rings. The quantitative estimate of drug-likeness (QED) is 0.670. The number of rotatable bonds is 5. The summed E-state index contributed by atoms with van der Waals surface area (Å²) in [4.78, 5) is 11.0. The van der Waals surface area contributed by atoms with Crippen LogP contribution in [0.3, 0.4) is 0 Å². The van der Waals surface area contributed by atoms with Crippen molar-refractivity contribution in [2.45, 2.75) is 36.8 Å². The molecule has 1 heterocycles. The summed E-state index contributed by atoms with van der Waals surface area (Å²) in [6, 6.07) is 3.52. The maximum atomic E-state index is 12.3. The Morgan fingerprint density at radius 3 is 2.71 bits per heavy atom. The van der Waals surface area contributed by atoms with Crippen molar-refractivity contribution in [3.8, 4) is 0 Å². The molecule has 0 bridgehead atoms. The van der Waals surface area contributed by atoms with Gasteiger partial charge in [-0.05, 0) is 38.0 Å². The first kappa shape index (κ1) is 15.7. The lowest BCUT2D eigenvalue weighted by Crippen LogP contribution is -2.41. The van der Waals surface area contributed by atoms with Crippen LogP contribution in [0.4, 0.5) is 5.69 Å². The number of ether oxygens (including phenoxy) is 1. The smallest absolute Gasteiger partial charge is 0.248 e. The summed E-state index contributed by atoms with van der Waals surface area (Å²) >= 11 is 0. The van der Waals surface area contributed by atoms with Crippen LogP contribution in [-0.2, 0) is 14.8 Å². The van der Waals surface area contributed by atoms with Gasteiger partial charge in [-0.1, -0.05) is 0 Å². The van der Waals surface area contributed by atoms with Crippen LogP contribution in [0.5, 0.6) is 0 Å². The molecule has 5 N–H and O–H groups in total. The van der Waals surface area contributed by atoms with E-state index in [4.69, 9.17) is 16.2 Å². The van der Waals surface area contributed by atoms with Gasteiger partial charge >= 0.3 is 0 Å². The third-order valence-electron chi connectivity index (χ3n) is 3.45. The van der Waals surface area contributed by atoms with Crippen molar-refractivity contribution in [2.24, 2.45) is 5.73 Å². The Hall–Kier alpha value is -1.64. The van der Waals surface area contributed by atoms with Gasteiger partial charge in [-0.25, -0.2) is 13.1 Å². The van der Waals surface area contributed by atoms with E-state index in [0.717, 1.165) is 12.8 Å². The minimum Gasteiger partial charge on any atom is -0.398 e. The highest BCUT2D eigenvalue weighted by Gasteiger charge is 2.28. The Bertz CT molecular complexity index is 639. The molecule has 1 saturated heterocycles. The lowest BCUT2D eigenvalue weighted by molar-refractivity contribution is 0.0902. The van der Waals surface area contributed by atoms with Crippen LogP contribution in [0.1, 0.15) is 30.1 Å². The van der Waals surface area contributed by atoms with Crippen LogP contribution >= 0.6 is 0 Å². The molecule has 116 valence electrons. The molecule has 1 aliphatic heterocycles. The molecule has 8 heteroatoms. The van der Waals surface area contributed by atoms with Crippen LogP contribution in [0, 0.1) is 0 Å². The summed E-state index contributed by atoms with van der Waals surface area (Å²) in [7, 11) is -3.78.